The van der Waals surface area contributed by atoms with E-state index in [9.17, 15) is 17.4 Å². The van der Waals surface area contributed by atoms with Crippen LogP contribution in [-0.2, 0) is 22.7 Å². The molecule has 0 fully saturated rings. The third-order valence-corrected chi connectivity index (χ3v) is 4.27. The summed E-state index contributed by atoms with van der Waals surface area (Å²) in [6.07, 6.45) is -4.48. The van der Waals surface area contributed by atoms with Gasteiger partial charge in [-0.05, 0) is 35.9 Å². The van der Waals surface area contributed by atoms with Gasteiger partial charge in [0.1, 0.15) is 5.75 Å². The van der Waals surface area contributed by atoms with E-state index in [-0.39, 0.29) is 22.1 Å². The maximum absolute atomic E-state index is 12.5. The monoisotopic (exact) mass is 315 g/mol. The molecule has 2 rings (SSSR count). The van der Waals surface area contributed by atoms with Gasteiger partial charge in [0.05, 0.1) is 27.0 Å². The van der Waals surface area contributed by atoms with Gasteiger partial charge in [0.15, 0.2) is 0 Å². The second-order valence-corrected chi connectivity index (χ2v) is 5.83. The van der Waals surface area contributed by atoms with E-state index in [1.165, 1.54) is 12.1 Å². The van der Waals surface area contributed by atoms with Gasteiger partial charge in [-0.25, -0.2) is 0 Å². The van der Waals surface area contributed by atoms with Gasteiger partial charge in [-0.2, -0.15) is 13.2 Å². The molecule has 1 unspecified atom stereocenters. The summed E-state index contributed by atoms with van der Waals surface area (Å²) in [4.78, 5) is 0.163. The molecule has 2 aromatic carbocycles. The Labute approximate surface area is 121 Å². The Bertz CT molecular complexity index is 669. The van der Waals surface area contributed by atoms with Gasteiger partial charge >= 0.3 is 6.18 Å². The smallest absolute Gasteiger partial charge is 0.416 e. The van der Waals surface area contributed by atoms with E-state index in [4.69, 9.17) is 10.8 Å². The number of alkyl halides is 3. The number of halogens is 3. The standard InChI is InChI=1S/C14H12F3NO2S/c15-14(16,17)10-3-6-13(12(18)7-10)21(20)8-9-1-4-11(19)5-2-9/h1-7,19H,8,18H2. The lowest BCUT2D eigenvalue weighted by atomic mass is 10.2. The first kappa shape index (κ1) is 15.4. The second kappa shape index (κ2) is 5.77. The highest BCUT2D eigenvalue weighted by Crippen LogP contribution is 2.32. The zero-order chi connectivity index (χ0) is 15.6. The first-order chi connectivity index (χ1) is 9.77. The molecule has 0 aromatic heterocycles. The molecule has 0 saturated heterocycles. The highest BCUT2D eigenvalue weighted by Gasteiger charge is 2.31. The lowest BCUT2D eigenvalue weighted by Crippen LogP contribution is -2.08. The van der Waals surface area contributed by atoms with E-state index in [0.717, 1.165) is 18.2 Å². The van der Waals surface area contributed by atoms with Crippen molar-refractivity contribution in [2.45, 2.75) is 16.8 Å². The molecular formula is C14H12F3NO2S. The number of nitrogen functional groups attached to an aromatic ring is 1. The molecule has 7 heteroatoms. The van der Waals surface area contributed by atoms with E-state index in [1.807, 2.05) is 0 Å². The predicted octanol–water partition coefficient (Wildman–Crippen LogP) is 3.30. The third kappa shape index (κ3) is 3.75. The third-order valence-electron chi connectivity index (χ3n) is 2.82. The van der Waals surface area contributed by atoms with E-state index in [2.05, 4.69) is 0 Å². The molecule has 1 atom stereocenters. The summed E-state index contributed by atoms with van der Waals surface area (Å²) in [5, 5.41) is 9.16. The van der Waals surface area contributed by atoms with Crippen LogP contribution >= 0.6 is 0 Å². The number of hydrogen-bond donors (Lipinski definition) is 2. The minimum absolute atomic E-state index is 0.0820. The van der Waals surface area contributed by atoms with Crippen molar-refractivity contribution in [3.05, 3.63) is 53.6 Å². The Kier molecular flexibility index (Phi) is 4.22. The van der Waals surface area contributed by atoms with E-state index in [0.29, 0.717) is 5.56 Å². The Morgan fingerprint density at radius 3 is 2.24 bits per heavy atom. The predicted molar refractivity (Wildman–Crippen MR) is 74.1 cm³/mol. The summed E-state index contributed by atoms with van der Waals surface area (Å²) in [6.45, 7) is 0. The van der Waals surface area contributed by atoms with Crippen LogP contribution in [0.25, 0.3) is 0 Å². The first-order valence-electron chi connectivity index (χ1n) is 5.90. The normalized spacial score (nSPS) is 13.1. The van der Waals surface area contributed by atoms with Crippen LogP contribution in [0.5, 0.6) is 5.75 Å². The van der Waals surface area contributed by atoms with Crippen molar-refractivity contribution >= 4 is 16.5 Å². The van der Waals surface area contributed by atoms with Crippen molar-refractivity contribution in [3.63, 3.8) is 0 Å². The Balaban J connectivity index is 2.22. The number of benzene rings is 2. The molecule has 0 aliphatic carbocycles. The molecule has 0 bridgehead atoms. The zero-order valence-corrected chi connectivity index (χ0v) is 11.5. The van der Waals surface area contributed by atoms with Crippen LogP contribution in [0.3, 0.4) is 0 Å². The fourth-order valence-corrected chi connectivity index (χ4v) is 2.95. The summed E-state index contributed by atoms with van der Waals surface area (Å²) < 4.78 is 49.8. The van der Waals surface area contributed by atoms with Crippen molar-refractivity contribution < 1.29 is 22.5 Å². The van der Waals surface area contributed by atoms with Gasteiger partial charge in [0.2, 0.25) is 0 Å². The number of phenols is 1. The number of nitrogens with two attached hydrogens (primary N) is 1. The zero-order valence-electron chi connectivity index (χ0n) is 10.7. The van der Waals surface area contributed by atoms with Crippen LogP contribution in [0.2, 0.25) is 0 Å². The van der Waals surface area contributed by atoms with Crippen LogP contribution in [-0.4, -0.2) is 9.32 Å². The topological polar surface area (TPSA) is 63.3 Å². The molecule has 0 spiro atoms. The molecule has 0 aliphatic heterocycles. The van der Waals surface area contributed by atoms with Crippen LogP contribution in [0, 0.1) is 0 Å². The van der Waals surface area contributed by atoms with E-state index < -0.39 is 22.5 Å². The molecule has 21 heavy (non-hydrogen) atoms. The lowest BCUT2D eigenvalue weighted by molar-refractivity contribution is -0.137. The number of phenolic OH excluding ortho intramolecular Hbond substituents is 1. The summed E-state index contributed by atoms with van der Waals surface area (Å²) in [5.74, 6) is 0.189. The van der Waals surface area contributed by atoms with Gasteiger partial charge in [-0.1, -0.05) is 12.1 Å². The van der Waals surface area contributed by atoms with Gasteiger partial charge in [0.25, 0.3) is 0 Å². The lowest BCUT2D eigenvalue weighted by Gasteiger charge is -2.10. The van der Waals surface area contributed by atoms with Crippen molar-refractivity contribution in [1.82, 2.24) is 0 Å². The van der Waals surface area contributed by atoms with Gasteiger partial charge in [-0.15, -0.1) is 0 Å². The molecule has 3 nitrogen and oxygen atoms in total. The maximum atomic E-state index is 12.5. The van der Waals surface area contributed by atoms with Gasteiger partial charge in [0, 0.05) is 5.69 Å². The summed E-state index contributed by atoms with van der Waals surface area (Å²) in [5.41, 5.74) is 5.23. The van der Waals surface area contributed by atoms with Crippen LogP contribution in [0.15, 0.2) is 47.4 Å². The number of rotatable bonds is 3. The first-order valence-corrected chi connectivity index (χ1v) is 7.22. The van der Waals surface area contributed by atoms with Crippen molar-refractivity contribution in [2.24, 2.45) is 0 Å². The molecular weight excluding hydrogens is 303 g/mol. The molecule has 112 valence electrons. The van der Waals surface area contributed by atoms with Crippen molar-refractivity contribution in [2.75, 3.05) is 5.73 Å². The van der Waals surface area contributed by atoms with Crippen LogP contribution in [0.4, 0.5) is 18.9 Å². The molecule has 3 N–H and O–H groups in total. The Morgan fingerprint density at radius 1 is 1.10 bits per heavy atom. The Hall–Kier alpha value is -2.02. The SMILES string of the molecule is Nc1cc(C(F)(F)F)ccc1S(=O)Cc1ccc(O)cc1. The maximum Gasteiger partial charge on any atom is 0.416 e. The highest BCUT2D eigenvalue weighted by molar-refractivity contribution is 7.84. The molecule has 0 amide bonds. The van der Waals surface area contributed by atoms with Crippen molar-refractivity contribution in [3.8, 4) is 5.75 Å². The van der Waals surface area contributed by atoms with Crippen LogP contribution < -0.4 is 5.73 Å². The van der Waals surface area contributed by atoms with Gasteiger partial charge < -0.3 is 10.8 Å². The second-order valence-electron chi connectivity index (χ2n) is 4.41. The number of hydrogen-bond acceptors (Lipinski definition) is 3. The minimum atomic E-state index is -4.48. The average molecular weight is 315 g/mol. The fourth-order valence-electron chi connectivity index (χ4n) is 1.75. The largest absolute Gasteiger partial charge is 0.508 e. The summed E-state index contributed by atoms with van der Waals surface area (Å²) >= 11 is 0. The fraction of sp³-hybridized carbons (Fsp3) is 0.143. The molecule has 0 aliphatic rings. The van der Waals surface area contributed by atoms with E-state index >= 15 is 0 Å². The van der Waals surface area contributed by atoms with Crippen LogP contribution in [0.1, 0.15) is 11.1 Å². The van der Waals surface area contributed by atoms with Gasteiger partial charge in [-0.3, -0.25) is 4.21 Å². The molecule has 0 radical (unpaired) electrons. The average Bonchev–Trinajstić information content (AvgIpc) is 2.40. The van der Waals surface area contributed by atoms with E-state index in [1.54, 1.807) is 12.1 Å². The summed E-state index contributed by atoms with van der Waals surface area (Å²) in [7, 11) is -1.56. The molecule has 0 heterocycles. The number of anilines is 1. The summed E-state index contributed by atoms with van der Waals surface area (Å²) in [6, 6.07) is 8.85. The molecule has 2 aromatic rings. The highest BCUT2D eigenvalue weighted by atomic mass is 32.2. The Morgan fingerprint density at radius 2 is 1.71 bits per heavy atom. The quantitative estimate of drug-likeness (QED) is 0.854. The molecule has 0 saturated carbocycles. The number of aromatic hydroxyl groups is 1. The van der Waals surface area contributed by atoms with Crippen molar-refractivity contribution in [1.29, 1.82) is 0 Å². The minimum Gasteiger partial charge on any atom is -0.508 e.